The number of carbonyl (C=O) groups excluding carboxylic acids is 2. The summed E-state index contributed by atoms with van der Waals surface area (Å²) in [5, 5.41) is 10.3. The van der Waals surface area contributed by atoms with Crippen LogP contribution < -0.4 is 10.6 Å². The van der Waals surface area contributed by atoms with Gasteiger partial charge in [0.25, 0.3) is 0 Å². The highest BCUT2D eigenvalue weighted by Gasteiger charge is 2.37. The van der Waals surface area contributed by atoms with Crippen LogP contribution in [0.25, 0.3) is 11.3 Å². The summed E-state index contributed by atoms with van der Waals surface area (Å²) in [5.41, 5.74) is 4.70. The summed E-state index contributed by atoms with van der Waals surface area (Å²) < 4.78 is 0. The molecule has 2 amide bonds. The second-order valence-electron chi connectivity index (χ2n) is 7.40. The normalized spacial score (nSPS) is 18.6. The molecule has 29 heavy (non-hydrogen) atoms. The Hall–Kier alpha value is -2.51. The van der Waals surface area contributed by atoms with Gasteiger partial charge in [-0.2, -0.15) is 11.3 Å². The first-order valence-corrected chi connectivity index (χ1v) is 11.5. The lowest BCUT2D eigenvalue weighted by atomic mass is 9.85. The standard InChI is InChI=1S/C22H23N3O2S2/c26-19(23-13-18-21(24-15-29-18)17-4-2-1-3-5-17)6-9-22(10-7-20(27)25-22)12-16-8-11-28-14-16/h1-5,8,11,14-15H,6-7,9-10,12-13H2,(H,23,26)(H,25,27)/t22-/m1/s1. The second-order valence-corrected chi connectivity index (χ2v) is 9.12. The highest BCUT2D eigenvalue weighted by molar-refractivity contribution is 7.10. The molecule has 0 aliphatic carbocycles. The Morgan fingerprint density at radius 3 is 2.83 bits per heavy atom. The number of rotatable bonds is 8. The fraction of sp³-hybridized carbons (Fsp3) is 0.318. The molecule has 2 aromatic heterocycles. The van der Waals surface area contributed by atoms with Gasteiger partial charge in [0.1, 0.15) is 0 Å². The molecule has 1 aliphatic rings. The zero-order valence-corrected chi connectivity index (χ0v) is 17.7. The van der Waals surface area contributed by atoms with Crippen molar-refractivity contribution in [3.05, 3.63) is 63.1 Å². The number of nitrogens with one attached hydrogen (secondary N) is 2. The van der Waals surface area contributed by atoms with Crippen LogP contribution in [0.15, 0.2) is 52.7 Å². The van der Waals surface area contributed by atoms with Crippen molar-refractivity contribution in [1.82, 2.24) is 15.6 Å². The van der Waals surface area contributed by atoms with Gasteiger partial charge in [-0.3, -0.25) is 9.59 Å². The van der Waals surface area contributed by atoms with E-state index in [1.54, 1.807) is 22.7 Å². The average Bonchev–Trinajstić information content (AvgIpc) is 3.48. The van der Waals surface area contributed by atoms with Crippen molar-refractivity contribution in [2.24, 2.45) is 0 Å². The Labute approximate surface area is 178 Å². The molecule has 0 bridgehead atoms. The predicted molar refractivity (Wildman–Crippen MR) is 117 cm³/mol. The highest BCUT2D eigenvalue weighted by atomic mass is 32.1. The summed E-state index contributed by atoms with van der Waals surface area (Å²) in [7, 11) is 0. The minimum Gasteiger partial charge on any atom is -0.351 e. The lowest BCUT2D eigenvalue weighted by Crippen LogP contribution is -2.44. The first kappa shape index (κ1) is 19.8. The average molecular weight is 426 g/mol. The number of hydrogen-bond donors (Lipinski definition) is 2. The lowest BCUT2D eigenvalue weighted by molar-refractivity contribution is -0.122. The minimum absolute atomic E-state index is 0.00301. The summed E-state index contributed by atoms with van der Waals surface area (Å²) in [6.45, 7) is 0.470. The maximum absolute atomic E-state index is 12.5. The number of hydrogen-bond acceptors (Lipinski definition) is 5. The summed E-state index contributed by atoms with van der Waals surface area (Å²) in [6, 6.07) is 12.1. The highest BCUT2D eigenvalue weighted by Crippen LogP contribution is 2.30. The van der Waals surface area contributed by atoms with Gasteiger partial charge in [0.2, 0.25) is 11.8 Å². The van der Waals surface area contributed by atoms with Gasteiger partial charge < -0.3 is 10.6 Å². The fourth-order valence-electron chi connectivity index (χ4n) is 3.81. The van der Waals surface area contributed by atoms with Crippen LogP contribution in [0.1, 0.15) is 36.1 Å². The molecule has 1 aliphatic heterocycles. The molecule has 7 heteroatoms. The molecule has 4 rings (SSSR count). The Morgan fingerprint density at radius 2 is 2.10 bits per heavy atom. The SMILES string of the molecule is O=C(CC[C@]1(Cc2ccsc2)CCC(=O)N1)NCc1scnc1-c1ccccc1. The second kappa shape index (κ2) is 8.88. The monoisotopic (exact) mass is 425 g/mol. The summed E-state index contributed by atoms with van der Waals surface area (Å²) in [6.07, 6.45) is 3.14. The zero-order chi connectivity index (χ0) is 20.1. The number of carbonyl (C=O) groups is 2. The Morgan fingerprint density at radius 1 is 1.24 bits per heavy atom. The van der Waals surface area contributed by atoms with Gasteiger partial charge in [0.05, 0.1) is 22.6 Å². The van der Waals surface area contributed by atoms with Crippen molar-refractivity contribution in [1.29, 1.82) is 0 Å². The summed E-state index contributed by atoms with van der Waals surface area (Å²) in [5.74, 6) is 0.0843. The fourth-order valence-corrected chi connectivity index (χ4v) is 5.21. The quantitative estimate of drug-likeness (QED) is 0.569. The van der Waals surface area contributed by atoms with Gasteiger partial charge in [-0.15, -0.1) is 11.3 Å². The molecule has 1 fully saturated rings. The van der Waals surface area contributed by atoms with Gasteiger partial charge in [-0.25, -0.2) is 4.98 Å². The molecule has 3 heterocycles. The topological polar surface area (TPSA) is 71.1 Å². The van der Waals surface area contributed by atoms with Crippen LogP contribution in [-0.4, -0.2) is 22.3 Å². The van der Waals surface area contributed by atoms with Crippen LogP contribution in [0.4, 0.5) is 0 Å². The van der Waals surface area contributed by atoms with Crippen molar-refractivity contribution >= 4 is 34.5 Å². The van der Waals surface area contributed by atoms with E-state index in [-0.39, 0.29) is 17.4 Å². The third-order valence-electron chi connectivity index (χ3n) is 5.32. The van der Waals surface area contributed by atoms with Crippen LogP contribution in [-0.2, 0) is 22.6 Å². The van der Waals surface area contributed by atoms with Crippen molar-refractivity contribution in [2.75, 3.05) is 0 Å². The van der Waals surface area contributed by atoms with Gasteiger partial charge >= 0.3 is 0 Å². The van der Waals surface area contributed by atoms with E-state index in [2.05, 4.69) is 27.1 Å². The molecule has 0 unspecified atom stereocenters. The number of aromatic nitrogens is 1. The first-order valence-electron chi connectivity index (χ1n) is 9.70. The van der Waals surface area contributed by atoms with E-state index in [1.807, 2.05) is 41.2 Å². The molecule has 5 nitrogen and oxygen atoms in total. The third-order valence-corrected chi connectivity index (χ3v) is 6.89. The number of amides is 2. The number of benzene rings is 1. The van der Waals surface area contributed by atoms with Crippen LogP contribution in [0.2, 0.25) is 0 Å². The van der Waals surface area contributed by atoms with Crippen molar-refractivity contribution in [2.45, 2.75) is 44.2 Å². The predicted octanol–water partition coefficient (Wildman–Crippen LogP) is 4.16. The van der Waals surface area contributed by atoms with E-state index >= 15 is 0 Å². The van der Waals surface area contributed by atoms with Gasteiger partial charge in [-0.05, 0) is 41.7 Å². The maximum atomic E-state index is 12.5. The Bertz CT molecular complexity index is 969. The van der Waals surface area contributed by atoms with Crippen LogP contribution in [0, 0.1) is 0 Å². The zero-order valence-electron chi connectivity index (χ0n) is 16.0. The maximum Gasteiger partial charge on any atom is 0.220 e. The van der Waals surface area contributed by atoms with E-state index in [0.29, 0.717) is 25.8 Å². The van der Waals surface area contributed by atoms with Crippen LogP contribution >= 0.6 is 22.7 Å². The van der Waals surface area contributed by atoms with E-state index in [1.165, 1.54) is 5.56 Å². The smallest absolute Gasteiger partial charge is 0.220 e. The molecule has 0 saturated carbocycles. The molecule has 2 N–H and O–H groups in total. The molecular weight excluding hydrogens is 402 g/mol. The van der Waals surface area contributed by atoms with Gasteiger partial charge in [0, 0.05) is 23.9 Å². The Kier molecular flexibility index (Phi) is 6.06. The number of thiazole rings is 1. The van der Waals surface area contributed by atoms with E-state index in [4.69, 9.17) is 0 Å². The van der Waals surface area contributed by atoms with E-state index in [0.717, 1.165) is 29.0 Å². The summed E-state index contributed by atoms with van der Waals surface area (Å²) >= 11 is 3.21. The van der Waals surface area contributed by atoms with E-state index in [9.17, 15) is 9.59 Å². The van der Waals surface area contributed by atoms with Gasteiger partial charge in [0.15, 0.2) is 0 Å². The molecule has 1 saturated heterocycles. The molecular formula is C22H23N3O2S2. The molecule has 1 aromatic carbocycles. The Balaban J connectivity index is 1.34. The molecule has 150 valence electrons. The first-order chi connectivity index (χ1) is 14.1. The van der Waals surface area contributed by atoms with Crippen molar-refractivity contribution < 1.29 is 9.59 Å². The van der Waals surface area contributed by atoms with Crippen LogP contribution in [0.3, 0.4) is 0 Å². The molecule has 0 radical (unpaired) electrons. The lowest BCUT2D eigenvalue weighted by Gasteiger charge is -2.29. The number of nitrogens with zero attached hydrogens (tertiary/aromatic N) is 1. The minimum atomic E-state index is -0.310. The van der Waals surface area contributed by atoms with Crippen molar-refractivity contribution in [3.8, 4) is 11.3 Å². The van der Waals surface area contributed by atoms with Crippen molar-refractivity contribution in [3.63, 3.8) is 0 Å². The van der Waals surface area contributed by atoms with E-state index < -0.39 is 0 Å². The van der Waals surface area contributed by atoms with Gasteiger partial charge in [-0.1, -0.05) is 30.3 Å². The third kappa shape index (κ3) is 4.92. The van der Waals surface area contributed by atoms with Crippen LogP contribution in [0.5, 0.6) is 0 Å². The summed E-state index contributed by atoms with van der Waals surface area (Å²) in [4.78, 5) is 29.9. The molecule has 0 spiro atoms. The number of thiophene rings is 1. The molecule has 3 aromatic rings. The molecule has 1 atom stereocenters. The largest absolute Gasteiger partial charge is 0.351 e.